The normalized spacial score (nSPS) is 10.0. The fourth-order valence-electron chi connectivity index (χ4n) is 1.41. The topological polar surface area (TPSA) is 32.3 Å². The first-order chi connectivity index (χ1) is 6.27. The molecule has 0 unspecified atom stereocenters. The summed E-state index contributed by atoms with van der Waals surface area (Å²) in [6.07, 6.45) is 2.19. The summed E-state index contributed by atoms with van der Waals surface area (Å²) in [6.45, 7) is 5.10. The Hall–Kier alpha value is -1.18. The monoisotopic (exact) mass is 179 g/mol. The van der Waals surface area contributed by atoms with Gasteiger partial charge < -0.3 is 10.4 Å². The Morgan fingerprint density at radius 2 is 2.08 bits per heavy atom. The van der Waals surface area contributed by atoms with Crippen molar-refractivity contribution < 1.29 is 5.11 Å². The molecule has 0 saturated carbocycles. The van der Waals surface area contributed by atoms with Gasteiger partial charge >= 0.3 is 0 Å². The van der Waals surface area contributed by atoms with Crippen molar-refractivity contribution in [3.05, 3.63) is 23.8 Å². The van der Waals surface area contributed by atoms with Crippen molar-refractivity contribution in [1.82, 2.24) is 0 Å². The predicted molar refractivity (Wildman–Crippen MR) is 56.3 cm³/mol. The van der Waals surface area contributed by atoms with Gasteiger partial charge in [-0.2, -0.15) is 0 Å². The van der Waals surface area contributed by atoms with E-state index >= 15 is 0 Å². The molecule has 0 atom stereocenters. The summed E-state index contributed by atoms with van der Waals surface area (Å²) in [6, 6.07) is 5.51. The van der Waals surface area contributed by atoms with Gasteiger partial charge in [0.25, 0.3) is 0 Å². The van der Waals surface area contributed by atoms with Crippen LogP contribution in [0.25, 0.3) is 0 Å². The van der Waals surface area contributed by atoms with E-state index < -0.39 is 0 Å². The molecule has 13 heavy (non-hydrogen) atoms. The van der Waals surface area contributed by atoms with E-state index in [2.05, 4.69) is 19.2 Å². The number of aryl methyl sites for hydroxylation is 1. The number of benzene rings is 1. The molecule has 1 aromatic rings. The Balaban J connectivity index is 2.89. The predicted octanol–water partition coefficient (Wildman–Crippen LogP) is 2.78. The second-order valence-electron chi connectivity index (χ2n) is 3.12. The fourth-order valence-corrected chi connectivity index (χ4v) is 1.41. The van der Waals surface area contributed by atoms with Crippen molar-refractivity contribution >= 4 is 5.69 Å². The average molecular weight is 179 g/mol. The lowest BCUT2D eigenvalue weighted by Crippen LogP contribution is -2.00. The van der Waals surface area contributed by atoms with Crippen LogP contribution in [0, 0.1) is 0 Å². The molecular formula is C11H17NO. The van der Waals surface area contributed by atoms with E-state index in [4.69, 9.17) is 0 Å². The van der Waals surface area contributed by atoms with E-state index in [0.29, 0.717) is 5.75 Å². The van der Waals surface area contributed by atoms with E-state index in [0.717, 1.165) is 25.1 Å². The average Bonchev–Trinajstić information content (AvgIpc) is 2.10. The third-order valence-corrected chi connectivity index (χ3v) is 1.98. The second kappa shape index (κ2) is 4.75. The van der Waals surface area contributed by atoms with E-state index in [1.54, 1.807) is 12.1 Å². The van der Waals surface area contributed by atoms with E-state index in [-0.39, 0.29) is 0 Å². The lowest BCUT2D eigenvalue weighted by molar-refractivity contribution is 0.475. The van der Waals surface area contributed by atoms with E-state index in [1.165, 1.54) is 5.56 Å². The first kappa shape index (κ1) is 9.90. The molecule has 0 heterocycles. The molecule has 0 radical (unpaired) electrons. The van der Waals surface area contributed by atoms with Crippen LogP contribution in [0.4, 0.5) is 5.69 Å². The second-order valence-corrected chi connectivity index (χ2v) is 3.12. The molecule has 0 aliphatic carbocycles. The molecule has 2 N–H and O–H groups in total. The van der Waals surface area contributed by atoms with Crippen LogP contribution in [0.5, 0.6) is 5.75 Å². The van der Waals surface area contributed by atoms with Crippen LogP contribution in [-0.4, -0.2) is 11.7 Å². The number of phenols is 1. The van der Waals surface area contributed by atoms with Crippen molar-refractivity contribution in [3.63, 3.8) is 0 Å². The van der Waals surface area contributed by atoms with Gasteiger partial charge in [0.05, 0.1) is 0 Å². The zero-order valence-electron chi connectivity index (χ0n) is 8.30. The number of rotatable bonds is 4. The molecule has 1 aromatic carbocycles. The maximum absolute atomic E-state index is 9.29. The van der Waals surface area contributed by atoms with Gasteiger partial charge in [-0.25, -0.2) is 0 Å². The van der Waals surface area contributed by atoms with Crippen LogP contribution in [-0.2, 0) is 6.42 Å². The third-order valence-electron chi connectivity index (χ3n) is 1.98. The van der Waals surface area contributed by atoms with Crippen LogP contribution in [0.1, 0.15) is 25.8 Å². The zero-order chi connectivity index (χ0) is 9.68. The van der Waals surface area contributed by atoms with E-state index in [9.17, 15) is 5.11 Å². The first-order valence-corrected chi connectivity index (χ1v) is 4.83. The number of nitrogens with one attached hydrogen (secondary N) is 1. The number of hydrogen-bond donors (Lipinski definition) is 2. The van der Waals surface area contributed by atoms with Gasteiger partial charge in [-0.3, -0.25) is 0 Å². The molecule has 1 rings (SSSR count). The molecular weight excluding hydrogens is 162 g/mol. The molecule has 2 heteroatoms. The maximum Gasteiger partial charge on any atom is 0.117 e. The molecule has 0 aliphatic heterocycles. The molecule has 0 aliphatic rings. The lowest BCUT2D eigenvalue weighted by atomic mass is 10.1. The summed E-state index contributed by atoms with van der Waals surface area (Å²) in [5.74, 6) is 0.329. The number of hydrogen-bond acceptors (Lipinski definition) is 2. The summed E-state index contributed by atoms with van der Waals surface area (Å²) in [7, 11) is 0. The Bertz CT molecular complexity index is 271. The van der Waals surface area contributed by atoms with Gasteiger partial charge in [0.15, 0.2) is 0 Å². The quantitative estimate of drug-likeness (QED) is 0.745. The van der Waals surface area contributed by atoms with Crippen LogP contribution in [0.3, 0.4) is 0 Å². The van der Waals surface area contributed by atoms with Gasteiger partial charge in [-0.05, 0) is 25.0 Å². The minimum atomic E-state index is 0.329. The minimum absolute atomic E-state index is 0.329. The van der Waals surface area contributed by atoms with Gasteiger partial charge in [-0.15, -0.1) is 0 Å². The molecule has 0 aromatic heterocycles. The van der Waals surface area contributed by atoms with Gasteiger partial charge in [-0.1, -0.05) is 19.4 Å². The van der Waals surface area contributed by atoms with Gasteiger partial charge in [0.2, 0.25) is 0 Å². The van der Waals surface area contributed by atoms with E-state index in [1.807, 2.05) is 6.07 Å². The van der Waals surface area contributed by atoms with Crippen LogP contribution < -0.4 is 5.32 Å². The molecule has 0 bridgehead atoms. The highest BCUT2D eigenvalue weighted by molar-refractivity contribution is 5.54. The summed E-state index contributed by atoms with van der Waals surface area (Å²) >= 11 is 0. The number of aromatic hydroxyl groups is 1. The van der Waals surface area contributed by atoms with Gasteiger partial charge in [0.1, 0.15) is 5.75 Å². The summed E-state index contributed by atoms with van der Waals surface area (Å²) in [5.41, 5.74) is 2.34. The highest BCUT2D eigenvalue weighted by atomic mass is 16.3. The SMILES string of the molecule is CCCc1ccc(O)cc1NCC. The Morgan fingerprint density at radius 1 is 1.31 bits per heavy atom. The summed E-state index contributed by atoms with van der Waals surface area (Å²) in [4.78, 5) is 0. The largest absolute Gasteiger partial charge is 0.508 e. The molecule has 0 saturated heterocycles. The first-order valence-electron chi connectivity index (χ1n) is 4.83. The van der Waals surface area contributed by atoms with Crippen molar-refractivity contribution in [2.24, 2.45) is 0 Å². The third kappa shape index (κ3) is 2.65. The Kier molecular flexibility index (Phi) is 3.62. The molecule has 0 amide bonds. The van der Waals surface area contributed by atoms with Crippen LogP contribution in [0.2, 0.25) is 0 Å². The zero-order valence-corrected chi connectivity index (χ0v) is 8.30. The molecule has 2 nitrogen and oxygen atoms in total. The standard InChI is InChI=1S/C11H17NO/c1-3-5-9-6-7-10(13)8-11(9)12-4-2/h6-8,12-13H,3-5H2,1-2H3. The molecule has 0 spiro atoms. The minimum Gasteiger partial charge on any atom is -0.508 e. The molecule has 0 fully saturated rings. The summed E-state index contributed by atoms with van der Waals surface area (Å²) in [5, 5.41) is 12.5. The van der Waals surface area contributed by atoms with Crippen molar-refractivity contribution in [1.29, 1.82) is 0 Å². The van der Waals surface area contributed by atoms with Crippen molar-refractivity contribution in [3.8, 4) is 5.75 Å². The summed E-state index contributed by atoms with van der Waals surface area (Å²) < 4.78 is 0. The molecule has 72 valence electrons. The fraction of sp³-hybridized carbons (Fsp3) is 0.455. The highest BCUT2D eigenvalue weighted by Gasteiger charge is 2.01. The van der Waals surface area contributed by atoms with Crippen LogP contribution in [0.15, 0.2) is 18.2 Å². The number of anilines is 1. The Morgan fingerprint density at radius 3 is 2.69 bits per heavy atom. The smallest absolute Gasteiger partial charge is 0.117 e. The van der Waals surface area contributed by atoms with Gasteiger partial charge in [0, 0.05) is 18.3 Å². The maximum atomic E-state index is 9.29. The lowest BCUT2D eigenvalue weighted by Gasteiger charge is -2.10. The van der Waals surface area contributed by atoms with Crippen LogP contribution >= 0.6 is 0 Å². The Labute approximate surface area is 79.6 Å². The number of phenolic OH excluding ortho intramolecular Hbond substituents is 1. The van der Waals surface area contributed by atoms with Crippen molar-refractivity contribution in [2.75, 3.05) is 11.9 Å². The highest BCUT2D eigenvalue weighted by Crippen LogP contribution is 2.22. The van der Waals surface area contributed by atoms with Crippen molar-refractivity contribution in [2.45, 2.75) is 26.7 Å².